The topological polar surface area (TPSA) is 28.3 Å². The molecule has 0 radical (unpaired) electrons. The Labute approximate surface area is 274 Å². The SMILES string of the molecule is Fc1cc2c3ccccc3n(-c3ccccc3)c2c2c3ccccc3n(-c3cc4c5c(c3)Oc3ccccc3B5c3ccccc3O4)c12. The van der Waals surface area contributed by atoms with Gasteiger partial charge in [0.15, 0.2) is 0 Å². The molecule has 0 amide bonds. The molecule has 0 atom stereocenters. The first-order valence-corrected chi connectivity index (χ1v) is 16.2. The van der Waals surface area contributed by atoms with Gasteiger partial charge in [-0.1, -0.05) is 91.0 Å². The standard InChI is InChI=1S/C42H24BFN2O2/c44-32-24-29-27-14-4-8-18-33(27)45(25-12-2-1-3-13-25)41(29)39-28-15-5-9-19-34(28)46(42(32)39)26-22-37-40-38(23-26)48-36-21-11-7-17-31(36)43(40)30-16-6-10-20-35(30)47-37/h1-24H. The first-order chi connectivity index (χ1) is 23.7. The lowest BCUT2D eigenvalue weighted by molar-refractivity contribution is 0.464. The van der Waals surface area contributed by atoms with E-state index in [0.29, 0.717) is 17.0 Å². The normalized spacial score (nSPS) is 13.0. The van der Waals surface area contributed by atoms with Crippen molar-refractivity contribution in [2.75, 3.05) is 0 Å². The van der Waals surface area contributed by atoms with E-state index in [2.05, 4.69) is 65.2 Å². The van der Waals surface area contributed by atoms with Crippen LogP contribution in [0.15, 0.2) is 146 Å². The molecule has 6 heteroatoms. The molecule has 4 nitrogen and oxygen atoms in total. The molecule has 11 rings (SSSR count). The van der Waals surface area contributed by atoms with Gasteiger partial charge in [0.25, 0.3) is 6.71 Å². The minimum Gasteiger partial charge on any atom is -0.458 e. The summed E-state index contributed by atoms with van der Waals surface area (Å²) in [5.41, 5.74) is 8.42. The van der Waals surface area contributed by atoms with Crippen molar-refractivity contribution in [3.05, 3.63) is 151 Å². The number of nitrogens with zero attached hydrogens (tertiary/aromatic N) is 2. The minimum absolute atomic E-state index is 0.0324. The summed E-state index contributed by atoms with van der Waals surface area (Å²) in [4.78, 5) is 0. The molecule has 0 saturated heterocycles. The van der Waals surface area contributed by atoms with Crippen LogP contribution in [0.4, 0.5) is 4.39 Å². The van der Waals surface area contributed by atoms with E-state index in [0.717, 1.165) is 77.4 Å². The highest BCUT2D eigenvalue weighted by atomic mass is 19.1. The van der Waals surface area contributed by atoms with Crippen molar-refractivity contribution in [3.8, 4) is 34.4 Å². The Morgan fingerprint density at radius 3 is 1.69 bits per heavy atom. The van der Waals surface area contributed by atoms with Gasteiger partial charge in [0, 0.05) is 44.8 Å². The number of aromatic nitrogens is 2. The molecule has 0 bridgehead atoms. The summed E-state index contributed by atoms with van der Waals surface area (Å²) in [6, 6.07) is 48.9. The molecule has 48 heavy (non-hydrogen) atoms. The maximum Gasteiger partial charge on any atom is 0.260 e. The molecule has 2 aliphatic heterocycles. The predicted molar refractivity (Wildman–Crippen MR) is 193 cm³/mol. The van der Waals surface area contributed by atoms with Crippen LogP contribution >= 0.6 is 0 Å². The fourth-order valence-electron chi connectivity index (χ4n) is 8.18. The van der Waals surface area contributed by atoms with Gasteiger partial charge in [-0.2, -0.15) is 0 Å². The molecule has 224 valence electrons. The van der Waals surface area contributed by atoms with E-state index in [-0.39, 0.29) is 12.5 Å². The third-order valence-corrected chi connectivity index (χ3v) is 10.1. The molecule has 0 fully saturated rings. The molecule has 0 saturated carbocycles. The maximum atomic E-state index is 16.9. The van der Waals surface area contributed by atoms with Gasteiger partial charge in [0.2, 0.25) is 0 Å². The van der Waals surface area contributed by atoms with E-state index >= 15 is 4.39 Å². The Hall–Kier alpha value is -6.27. The summed E-state index contributed by atoms with van der Waals surface area (Å²) in [5, 5.41) is 3.73. The van der Waals surface area contributed by atoms with Crippen LogP contribution in [0.25, 0.3) is 55.0 Å². The van der Waals surface area contributed by atoms with Gasteiger partial charge < -0.3 is 18.6 Å². The van der Waals surface area contributed by atoms with Gasteiger partial charge in [0.1, 0.15) is 28.8 Å². The molecule has 0 aliphatic carbocycles. The summed E-state index contributed by atoms with van der Waals surface area (Å²) in [6.07, 6.45) is 0. The van der Waals surface area contributed by atoms with Crippen molar-refractivity contribution in [2.24, 2.45) is 0 Å². The zero-order valence-corrected chi connectivity index (χ0v) is 25.5. The third kappa shape index (κ3) is 3.33. The number of rotatable bonds is 2. The van der Waals surface area contributed by atoms with Crippen molar-refractivity contribution in [1.82, 2.24) is 9.13 Å². The summed E-state index contributed by atoms with van der Waals surface area (Å²) in [5.74, 6) is 2.78. The van der Waals surface area contributed by atoms with Gasteiger partial charge in [0.05, 0.1) is 27.8 Å². The number of fused-ring (bicyclic) bond motifs is 11. The van der Waals surface area contributed by atoms with Crippen LogP contribution in [0.1, 0.15) is 0 Å². The number of ether oxygens (including phenoxy) is 2. The van der Waals surface area contributed by atoms with E-state index in [1.807, 2.05) is 83.4 Å². The Morgan fingerprint density at radius 1 is 0.458 bits per heavy atom. The predicted octanol–water partition coefficient (Wildman–Crippen LogP) is 8.75. The van der Waals surface area contributed by atoms with Crippen molar-refractivity contribution in [3.63, 3.8) is 0 Å². The molecule has 2 aliphatic rings. The van der Waals surface area contributed by atoms with E-state index in [1.54, 1.807) is 6.07 Å². The number of hydrogen-bond acceptors (Lipinski definition) is 2. The highest BCUT2D eigenvalue weighted by Gasteiger charge is 2.40. The van der Waals surface area contributed by atoms with Crippen LogP contribution in [0.5, 0.6) is 23.0 Å². The summed E-state index contributed by atoms with van der Waals surface area (Å²) in [7, 11) is 0. The zero-order valence-electron chi connectivity index (χ0n) is 25.5. The first-order valence-electron chi connectivity index (χ1n) is 16.2. The lowest BCUT2D eigenvalue weighted by Crippen LogP contribution is -2.57. The van der Waals surface area contributed by atoms with E-state index in [1.165, 1.54) is 0 Å². The monoisotopic (exact) mass is 618 g/mol. The Balaban J connectivity index is 1.27. The van der Waals surface area contributed by atoms with E-state index in [4.69, 9.17) is 9.47 Å². The Kier molecular flexibility index (Phi) is 5.06. The Bertz CT molecular complexity index is 2750. The van der Waals surface area contributed by atoms with Crippen LogP contribution < -0.4 is 25.9 Å². The molecular weight excluding hydrogens is 594 g/mol. The fourth-order valence-corrected chi connectivity index (χ4v) is 8.18. The first kappa shape index (κ1) is 25.9. The van der Waals surface area contributed by atoms with Crippen LogP contribution in [0.3, 0.4) is 0 Å². The molecule has 7 aromatic carbocycles. The maximum absolute atomic E-state index is 16.9. The fraction of sp³-hybridized carbons (Fsp3) is 0. The second-order valence-electron chi connectivity index (χ2n) is 12.6. The third-order valence-electron chi connectivity index (χ3n) is 10.1. The minimum atomic E-state index is -0.286. The second kappa shape index (κ2) is 9.40. The van der Waals surface area contributed by atoms with Crippen molar-refractivity contribution < 1.29 is 13.9 Å². The lowest BCUT2D eigenvalue weighted by atomic mass is 9.35. The molecule has 0 N–H and O–H groups in total. The highest BCUT2D eigenvalue weighted by molar-refractivity contribution is 6.98. The molecular formula is C42H24BFN2O2. The smallest absolute Gasteiger partial charge is 0.260 e. The lowest BCUT2D eigenvalue weighted by Gasteiger charge is -2.33. The summed E-state index contributed by atoms with van der Waals surface area (Å²) >= 11 is 0. The average molecular weight is 618 g/mol. The van der Waals surface area contributed by atoms with Gasteiger partial charge in [-0.05, 0) is 53.4 Å². The van der Waals surface area contributed by atoms with Crippen molar-refractivity contribution >= 4 is 66.7 Å². The molecule has 2 aromatic heterocycles. The van der Waals surface area contributed by atoms with Crippen LogP contribution in [-0.2, 0) is 0 Å². The molecule has 0 spiro atoms. The van der Waals surface area contributed by atoms with Gasteiger partial charge in [-0.25, -0.2) is 4.39 Å². The van der Waals surface area contributed by atoms with E-state index < -0.39 is 0 Å². The van der Waals surface area contributed by atoms with E-state index in [9.17, 15) is 0 Å². The van der Waals surface area contributed by atoms with Gasteiger partial charge in [-0.15, -0.1) is 0 Å². The van der Waals surface area contributed by atoms with Crippen molar-refractivity contribution in [1.29, 1.82) is 0 Å². The van der Waals surface area contributed by atoms with Crippen LogP contribution in [0, 0.1) is 5.82 Å². The molecule has 0 unspecified atom stereocenters. The average Bonchev–Trinajstić information content (AvgIpc) is 3.65. The summed E-state index contributed by atoms with van der Waals surface area (Å²) in [6.45, 7) is -0.0324. The second-order valence-corrected chi connectivity index (χ2v) is 12.6. The number of para-hydroxylation sites is 5. The Morgan fingerprint density at radius 2 is 1.00 bits per heavy atom. The number of hydrogen-bond donors (Lipinski definition) is 0. The van der Waals surface area contributed by atoms with Gasteiger partial charge >= 0.3 is 0 Å². The van der Waals surface area contributed by atoms with Crippen LogP contribution in [-0.4, -0.2) is 15.8 Å². The number of benzene rings is 7. The highest BCUT2D eigenvalue weighted by Crippen LogP contribution is 2.44. The largest absolute Gasteiger partial charge is 0.458 e. The zero-order chi connectivity index (χ0) is 31.5. The van der Waals surface area contributed by atoms with Crippen LogP contribution in [0.2, 0.25) is 0 Å². The molecule has 9 aromatic rings. The van der Waals surface area contributed by atoms with Crippen molar-refractivity contribution in [2.45, 2.75) is 0 Å². The summed E-state index contributed by atoms with van der Waals surface area (Å²) < 4.78 is 34.5. The number of halogens is 1. The quantitative estimate of drug-likeness (QED) is 0.181. The molecule has 4 heterocycles. The van der Waals surface area contributed by atoms with Gasteiger partial charge in [-0.3, -0.25) is 0 Å².